The molecule has 0 aliphatic carbocycles. The normalized spacial score (nSPS) is 13.1. The first-order chi connectivity index (χ1) is 14.9. The predicted molar refractivity (Wildman–Crippen MR) is 123 cm³/mol. The van der Waals surface area contributed by atoms with Gasteiger partial charge in [-0.1, -0.05) is 30.0 Å². The van der Waals surface area contributed by atoms with Crippen molar-refractivity contribution in [3.8, 4) is 0 Å². The van der Waals surface area contributed by atoms with Crippen molar-refractivity contribution in [3.63, 3.8) is 0 Å². The highest BCUT2D eigenvalue weighted by Gasteiger charge is 2.35. The summed E-state index contributed by atoms with van der Waals surface area (Å²) in [5.41, 5.74) is 0.141. The second kappa shape index (κ2) is 10.1. The molecule has 3 aromatic rings. The minimum Gasteiger partial charge on any atom is -0.306 e. The number of rotatable bonds is 9. The van der Waals surface area contributed by atoms with E-state index in [9.17, 15) is 4.57 Å². The van der Waals surface area contributed by atoms with Crippen LogP contribution in [0.5, 0.6) is 0 Å². The van der Waals surface area contributed by atoms with E-state index in [0.717, 1.165) is 20.8 Å². The third kappa shape index (κ3) is 7.71. The third-order valence-electron chi connectivity index (χ3n) is 3.68. The lowest BCUT2D eigenvalue weighted by atomic mass is 10.2. The smallest absolute Gasteiger partial charge is 0.306 e. The van der Waals surface area contributed by atoms with Crippen LogP contribution >= 0.6 is 19.6 Å². The van der Waals surface area contributed by atoms with Crippen molar-refractivity contribution in [2.75, 3.05) is 0 Å². The molecule has 10 heteroatoms. The van der Waals surface area contributed by atoms with E-state index < -0.39 is 19.0 Å². The summed E-state index contributed by atoms with van der Waals surface area (Å²) in [6, 6.07) is 16.0. The van der Waals surface area contributed by atoms with Gasteiger partial charge in [-0.25, -0.2) is 19.3 Å². The Balaban J connectivity index is 1.72. The maximum atomic E-state index is 13.0. The van der Waals surface area contributed by atoms with Gasteiger partial charge in [0.05, 0.1) is 28.6 Å². The summed E-state index contributed by atoms with van der Waals surface area (Å²) < 4.78 is 30.3. The van der Waals surface area contributed by atoms with Crippen LogP contribution in [0, 0.1) is 0 Å². The maximum absolute atomic E-state index is 13.0. The molecule has 0 unspecified atom stereocenters. The summed E-state index contributed by atoms with van der Waals surface area (Å²) in [6.07, 6.45) is 1.60. The van der Waals surface area contributed by atoms with E-state index in [1.165, 1.54) is 0 Å². The number of hydrogen-bond donors (Lipinski definition) is 0. The van der Waals surface area contributed by atoms with Crippen LogP contribution in [0.1, 0.15) is 41.5 Å². The van der Waals surface area contributed by atoms with Crippen LogP contribution in [-0.4, -0.2) is 20.8 Å². The monoisotopic (exact) mass is 480 g/mol. The Kier molecular flexibility index (Phi) is 7.83. The molecule has 1 aromatic heterocycles. The lowest BCUT2D eigenvalue weighted by Gasteiger charge is -2.24. The molecule has 0 aliphatic rings. The molecule has 8 nitrogen and oxygen atoms in total. The van der Waals surface area contributed by atoms with Crippen LogP contribution in [0.15, 0.2) is 64.6 Å². The Morgan fingerprint density at radius 3 is 2.12 bits per heavy atom. The van der Waals surface area contributed by atoms with Gasteiger partial charge in [0.1, 0.15) is 6.73 Å². The van der Waals surface area contributed by atoms with Gasteiger partial charge in [0.25, 0.3) is 0 Å². The summed E-state index contributed by atoms with van der Waals surface area (Å²) in [7, 11) is -4.18. The van der Waals surface area contributed by atoms with Crippen molar-refractivity contribution in [2.45, 2.75) is 69.3 Å². The molecule has 32 heavy (non-hydrogen) atoms. The van der Waals surface area contributed by atoms with Crippen LogP contribution in [-0.2, 0) is 34.9 Å². The highest BCUT2D eigenvalue weighted by Crippen LogP contribution is 2.52. The Morgan fingerprint density at radius 1 is 0.906 bits per heavy atom. The molecule has 1 heterocycles. The van der Waals surface area contributed by atoms with Crippen molar-refractivity contribution >= 4 is 30.6 Å². The Bertz CT molecular complexity index is 1050. The van der Waals surface area contributed by atoms with E-state index >= 15 is 0 Å². The van der Waals surface area contributed by atoms with E-state index in [4.69, 9.17) is 23.6 Å². The van der Waals surface area contributed by atoms with Crippen molar-refractivity contribution in [1.29, 1.82) is 0 Å². The van der Waals surface area contributed by atoms with Gasteiger partial charge in [0.15, 0.2) is 0 Å². The molecule has 0 aliphatic heterocycles. The van der Waals surface area contributed by atoms with Gasteiger partial charge >= 0.3 is 7.82 Å². The second-order valence-electron chi connectivity index (χ2n) is 9.03. The number of phosphoric acid groups is 1. The number of hydrogen-bond acceptors (Lipinski definition) is 8. The van der Waals surface area contributed by atoms with Gasteiger partial charge < -0.3 is 4.57 Å². The molecule has 0 saturated carbocycles. The van der Waals surface area contributed by atoms with Crippen LogP contribution < -0.4 is 0 Å². The quantitative estimate of drug-likeness (QED) is 0.189. The van der Waals surface area contributed by atoms with Crippen LogP contribution in [0.2, 0.25) is 0 Å². The zero-order valence-corrected chi connectivity index (χ0v) is 20.8. The third-order valence-corrected chi connectivity index (χ3v) is 5.63. The molecule has 0 radical (unpaired) electrons. The Hall–Kier alpha value is -1.71. The number of aromatic nitrogens is 2. The topological polar surface area (TPSA) is 81.0 Å². The van der Waals surface area contributed by atoms with Gasteiger partial charge in [-0.3, -0.25) is 4.52 Å². The van der Waals surface area contributed by atoms with Crippen molar-refractivity contribution in [2.24, 2.45) is 0 Å². The lowest BCUT2D eigenvalue weighted by Crippen LogP contribution is -2.22. The van der Waals surface area contributed by atoms with Gasteiger partial charge in [-0.05, 0) is 71.9 Å². The zero-order valence-electron chi connectivity index (χ0n) is 19.1. The summed E-state index contributed by atoms with van der Waals surface area (Å²) in [5.74, 6) is 0. The maximum Gasteiger partial charge on any atom is 0.531 e. The first kappa shape index (κ1) is 24.9. The summed E-state index contributed by atoms with van der Waals surface area (Å²) in [6.45, 7) is 10.3. The Labute approximate surface area is 192 Å². The first-order valence-corrected chi connectivity index (χ1v) is 12.4. The minimum atomic E-state index is -4.18. The van der Waals surface area contributed by atoms with Crippen molar-refractivity contribution < 1.29 is 28.2 Å². The molecular formula is C22H29N2O6PS. The molecule has 0 bridgehead atoms. The van der Waals surface area contributed by atoms with Gasteiger partial charge in [0, 0.05) is 9.79 Å². The van der Waals surface area contributed by atoms with Crippen LogP contribution in [0.25, 0.3) is 11.0 Å². The zero-order chi connectivity index (χ0) is 23.4. The largest absolute Gasteiger partial charge is 0.531 e. The average Bonchev–Trinajstić information content (AvgIpc) is 3.12. The molecule has 0 amide bonds. The number of imidazole rings is 1. The molecule has 0 spiro atoms. The minimum absolute atomic E-state index is 0.139. The molecular weight excluding hydrogens is 451 g/mol. The van der Waals surface area contributed by atoms with Gasteiger partial charge in [-0.15, -0.1) is 9.35 Å². The molecule has 3 rings (SSSR count). The second-order valence-corrected chi connectivity index (χ2v) is 11.6. The molecule has 0 N–H and O–H groups in total. The fraction of sp³-hybridized carbons (Fsp3) is 0.409. The number of benzene rings is 2. The van der Waals surface area contributed by atoms with E-state index in [1.807, 2.05) is 36.4 Å². The lowest BCUT2D eigenvalue weighted by molar-refractivity contribution is -0.338. The predicted octanol–water partition coefficient (Wildman–Crippen LogP) is 6.76. The van der Waals surface area contributed by atoms with E-state index in [1.54, 1.807) is 64.2 Å². The highest BCUT2D eigenvalue weighted by atomic mass is 32.2. The van der Waals surface area contributed by atoms with E-state index in [0.29, 0.717) is 0 Å². The fourth-order valence-corrected chi connectivity index (χ4v) is 4.22. The SMILES string of the molecule is CC(C)(C)OOP(=O)(OCn1cnc2cc(Sc3ccccc3)ccc21)OOC(C)(C)C. The first-order valence-electron chi connectivity index (χ1n) is 10.1. The standard InChI is InChI=1S/C22H29N2O6PS/c1-21(2,3)27-29-31(25,30-28-22(4,5)6)26-16-24-15-23-19-14-18(12-13-20(19)24)32-17-10-8-7-9-11-17/h7-15H,16H2,1-6H3. The van der Waals surface area contributed by atoms with E-state index in [2.05, 4.69) is 17.1 Å². The summed E-state index contributed by atoms with van der Waals surface area (Å²) in [4.78, 5) is 17.0. The van der Waals surface area contributed by atoms with Crippen molar-refractivity contribution in [3.05, 3.63) is 54.9 Å². The highest BCUT2D eigenvalue weighted by molar-refractivity contribution is 7.99. The van der Waals surface area contributed by atoms with Crippen LogP contribution in [0.3, 0.4) is 0 Å². The van der Waals surface area contributed by atoms with Gasteiger partial charge in [0.2, 0.25) is 0 Å². The van der Waals surface area contributed by atoms with Crippen molar-refractivity contribution in [1.82, 2.24) is 9.55 Å². The molecule has 0 fully saturated rings. The Morgan fingerprint density at radius 2 is 1.53 bits per heavy atom. The summed E-state index contributed by atoms with van der Waals surface area (Å²) in [5, 5.41) is 0. The number of nitrogens with zero attached hydrogens (tertiary/aromatic N) is 2. The molecule has 2 aromatic carbocycles. The summed E-state index contributed by atoms with van der Waals surface area (Å²) >= 11 is 1.65. The fourth-order valence-electron chi connectivity index (χ4n) is 2.34. The molecule has 174 valence electrons. The van der Waals surface area contributed by atoms with Gasteiger partial charge in [-0.2, -0.15) is 0 Å². The molecule has 0 atom stereocenters. The average molecular weight is 481 g/mol. The van der Waals surface area contributed by atoms with Crippen LogP contribution in [0.4, 0.5) is 0 Å². The number of fused-ring (bicyclic) bond motifs is 1. The van der Waals surface area contributed by atoms with E-state index in [-0.39, 0.29) is 6.73 Å². The molecule has 0 saturated heterocycles.